The lowest BCUT2D eigenvalue weighted by molar-refractivity contribution is -0.134. The number of ether oxygens (including phenoxy) is 2. The topological polar surface area (TPSA) is 67.5 Å². The fourth-order valence-electron chi connectivity index (χ4n) is 3.60. The molecule has 0 saturated carbocycles. The van der Waals surface area contributed by atoms with Gasteiger partial charge in [0.15, 0.2) is 18.1 Å². The monoisotopic (exact) mass is 379 g/mol. The zero-order chi connectivity index (χ0) is 19.3. The number of likely N-dealkylation sites (tertiary alicyclic amines) is 1. The summed E-state index contributed by atoms with van der Waals surface area (Å²) in [5.74, 6) is 2.09. The summed E-state index contributed by atoms with van der Waals surface area (Å²) in [6, 6.07) is 15.4. The van der Waals surface area contributed by atoms with Crippen molar-refractivity contribution in [3.05, 3.63) is 54.4 Å². The molecule has 6 heteroatoms. The molecule has 0 spiro atoms. The predicted molar refractivity (Wildman–Crippen MR) is 108 cm³/mol. The molecule has 1 saturated heterocycles. The van der Waals surface area contributed by atoms with E-state index in [9.17, 15) is 4.79 Å². The lowest BCUT2D eigenvalue weighted by Crippen LogP contribution is -2.34. The van der Waals surface area contributed by atoms with Gasteiger partial charge in [0.1, 0.15) is 5.82 Å². The number of hydrogen-bond donors (Lipinski definition) is 1. The van der Waals surface area contributed by atoms with E-state index < -0.39 is 0 Å². The largest absolute Gasteiger partial charge is 0.490 e. The number of fused-ring (bicyclic) bond motifs is 1. The Labute approximate surface area is 164 Å². The maximum absolute atomic E-state index is 12.9. The molecule has 0 radical (unpaired) electrons. The van der Waals surface area contributed by atoms with Crippen molar-refractivity contribution in [1.82, 2.24) is 14.9 Å². The van der Waals surface area contributed by atoms with E-state index in [1.807, 2.05) is 53.4 Å². The van der Waals surface area contributed by atoms with Crippen molar-refractivity contribution in [1.29, 1.82) is 0 Å². The number of hydrogen-bond acceptors (Lipinski definition) is 4. The van der Waals surface area contributed by atoms with Gasteiger partial charge in [-0.05, 0) is 43.5 Å². The van der Waals surface area contributed by atoms with E-state index in [4.69, 9.17) is 9.47 Å². The molecule has 3 aromatic rings. The maximum atomic E-state index is 12.9. The number of nitrogens with one attached hydrogen (secondary N) is 1. The van der Waals surface area contributed by atoms with Crippen LogP contribution in [0.1, 0.15) is 38.1 Å². The van der Waals surface area contributed by atoms with E-state index in [0.29, 0.717) is 18.1 Å². The molecule has 1 N–H and O–H groups in total. The number of para-hydroxylation sites is 4. The van der Waals surface area contributed by atoms with Gasteiger partial charge in [0.25, 0.3) is 5.91 Å². The molecule has 1 aliphatic rings. The SMILES string of the molecule is CCCOc1ccccc1OCC(=O)N1CCC[C@H]1c1nc2ccccc2[nH]1. The van der Waals surface area contributed by atoms with Gasteiger partial charge in [-0.1, -0.05) is 31.2 Å². The number of amides is 1. The second-order valence-corrected chi connectivity index (χ2v) is 6.97. The standard InChI is InChI=1S/C22H25N3O3/c1-2-14-27-19-11-5-6-12-20(19)28-15-21(26)25-13-7-10-18(25)22-23-16-8-3-4-9-17(16)24-22/h3-6,8-9,11-12,18H,2,7,10,13-15H2,1H3,(H,23,24)/t18-/m0/s1. The number of carbonyl (C=O) groups is 1. The summed E-state index contributed by atoms with van der Waals surface area (Å²) in [7, 11) is 0. The fourth-order valence-corrected chi connectivity index (χ4v) is 3.60. The van der Waals surface area contributed by atoms with E-state index in [1.54, 1.807) is 0 Å². The minimum atomic E-state index is -0.0340. The molecule has 6 nitrogen and oxygen atoms in total. The first-order chi connectivity index (χ1) is 13.8. The molecule has 2 heterocycles. The fraction of sp³-hybridized carbons (Fsp3) is 0.364. The molecule has 1 atom stereocenters. The van der Waals surface area contributed by atoms with Crippen LogP contribution < -0.4 is 9.47 Å². The smallest absolute Gasteiger partial charge is 0.261 e. The molecule has 4 rings (SSSR count). The van der Waals surface area contributed by atoms with Crippen LogP contribution in [0.5, 0.6) is 11.5 Å². The first kappa shape index (κ1) is 18.3. The Balaban J connectivity index is 1.44. The van der Waals surface area contributed by atoms with Crippen LogP contribution in [0.3, 0.4) is 0 Å². The molecule has 0 unspecified atom stereocenters. The van der Waals surface area contributed by atoms with Gasteiger partial charge in [0.2, 0.25) is 0 Å². The Morgan fingerprint density at radius 3 is 2.68 bits per heavy atom. The zero-order valence-corrected chi connectivity index (χ0v) is 16.1. The average Bonchev–Trinajstić information content (AvgIpc) is 3.37. The van der Waals surface area contributed by atoms with E-state index in [2.05, 4.69) is 16.9 Å². The van der Waals surface area contributed by atoms with Gasteiger partial charge >= 0.3 is 0 Å². The number of aromatic amines is 1. The molecule has 1 fully saturated rings. The number of rotatable bonds is 7. The number of imidazole rings is 1. The predicted octanol–water partition coefficient (Wildman–Crippen LogP) is 4.09. The van der Waals surface area contributed by atoms with Gasteiger partial charge in [-0.15, -0.1) is 0 Å². The van der Waals surface area contributed by atoms with Crippen LogP contribution in [-0.4, -0.2) is 40.5 Å². The van der Waals surface area contributed by atoms with Gasteiger partial charge in [0, 0.05) is 6.54 Å². The van der Waals surface area contributed by atoms with Gasteiger partial charge in [-0.25, -0.2) is 4.98 Å². The van der Waals surface area contributed by atoms with Crippen LogP contribution in [0, 0.1) is 0 Å². The first-order valence-electron chi connectivity index (χ1n) is 9.85. The summed E-state index contributed by atoms with van der Waals surface area (Å²) in [4.78, 5) is 22.8. The number of nitrogens with zero attached hydrogens (tertiary/aromatic N) is 2. The van der Waals surface area contributed by atoms with Crippen molar-refractivity contribution in [2.45, 2.75) is 32.2 Å². The summed E-state index contributed by atoms with van der Waals surface area (Å²) in [5.41, 5.74) is 1.92. The number of aromatic nitrogens is 2. The normalized spacial score (nSPS) is 16.5. The van der Waals surface area contributed by atoms with E-state index >= 15 is 0 Å². The Bertz CT molecular complexity index is 920. The second kappa shape index (κ2) is 8.33. The van der Waals surface area contributed by atoms with E-state index in [0.717, 1.165) is 42.7 Å². The van der Waals surface area contributed by atoms with Crippen molar-refractivity contribution >= 4 is 16.9 Å². The lowest BCUT2D eigenvalue weighted by Gasteiger charge is -2.23. The quantitative estimate of drug-likeness (QED) is 0.671. The number of carbonyl (C=O) groups excluding carboxylic acids is 1. The first-order valence-corrected chi connectivity index (χ1v) is 9.85. The summed E-state index contributed by atoms with van der Waals surface area (Å²) in [6.45, 7) is 3.38. The van der Waals surface area contributed by atoms with Gasteiger partial charge in [-0.2, -0.15) is 0 Å². The van der Waals surface area contributed by atoms with Crippen LogP contribution in [0.2, 0.25) is 0 Å². The van der Waals surface area contributed by atoms with Crippen LogP contribution in [0.4, 0.5) is 0 Å². The summed E-state index contributed by atoms with van der Waals surface area (Å²) in [5, 5.41) is 0. The van der Waals surface area contributed by atoms with Crippen molar-refractivity contribution in [3.63, 3.8) is 0 Å². The third-order valence-corrected chi connectivity index (χ3v) is 4.96. The Hall–Kier alpha value is -3.02. The molecule has 1 aromatic heterocycles. The molecular weight excluding hydrogens is 354 g/mol. The van der Waals surface area contributed by atoms with Crippen LogP contribution in [0.25, 0.3) is 11.0 Å². The highest BCUT2D eigenvalue weighted by Gasteiger charge is 2.32. The molecule has 28 heavy (non-hydrogen) atoms. The van der Waals surface area contributed by atoms with E-state index in [-0.39, 0.29) is 18.6 Å². The third-order valence-electron chi connectivity index (χ3n) is 4.96. The molecule has 0 aliphatic carbocycles. The minimum Gasteiger partial charge on any atom is -0.490 e. The van der Waals surface area contributed by atoms with Crippen LogP contribution in [0.15, 0.2) is 48.5 Å². The third kappa shape index (κ3) is 3.81. The van der Waals surface area contributed by atoms with Gasteiger partial charge < -0.3 is 19.4 Å². The Morgan fingerprint density at radius 2 is 1.89 bits per heavy atom. The van der Waals surface area contributed by atoms with Crippen LogP contribution in [-0.2, 0) is 4.79 Å². The molecule has 1 aliphatic heterocycles. The van der Waals surface area contributed by atoms with Crippen LogP contribution >= 0.6 is 0 Å². The van der Waals surface area contributed by atoms with E-state index in [1.165, 1.54) is 0 Å². The van der Waals surface area contributed by atoms with Gasteiger partial charge in [0.05, 0.1) is 23.7 Å². The highest BCUT2D eigenvalue weighted by atomic mass is 16.5. The summed E-state index contributed by atoms with van der Waals surface area (Å²) < 4.78 is 11.5. The van der Waals surface area contributed by atoms with Crippen molar-refractivity contribution in [2.24, 2.45) is 0 Å². The number of H-pyrrole nitrogens is 1. The zero-order valence-electron chi connectivity index (χ0n) is 16.1. The van der Waals surface area contributed by atoms with Crippen molar-refractivity contribution in [2.75, 3.05) is 19.8 Å². The molecular formula is C22H25N3O3. The Morgan fingerprint density at radius 1 is 1.14 bits per heavy atom. The summed E-state index contributed by atoms with van der Waals surface area (Å²) in [6.07, 6.45) is 2.78. The molecule has 2 aromatic carbocycles. The molecule has 146 valence electrons. The molecule has 0 bridgehead atoms. The Kier molecular flexibility index (Phi) is 5.46. The lowest BCUT2D eigenvalue weighted by atomic mass is 10.2. The number of benzene rings is 2. The molecule has 1 amide bonds. The maximum Gasteiger partial charge on any atom is 0.261 e. The van der Waals surface area contributed by atoms with Gasteiger partial charge in [-0.3, -0.25) is 4.79 Å². The highest BCUT2D eigenvalue weighted by molar-refractivity contribution is 5.79. The van der Waals surface area contributed by atoms with Crippen molar-refractivity contribution < 1.29 is 14.3 Å². The van der Waals surface area contributed by atoms with Crippen molar-refractivity contribution in [3.8, 4) is 11.5 Å². The summed E-state index contributed by atoms with van der Waals surface area (Å²) >= 11 is 0. The minimum absolute atomic E-state index is 0.0107. The average molecular weight is 379 g/mol. The second-order valence-electron chi connectivity index (χ2n) is 6.97. The highest BCUT2D eigenvalue weighted by Crippen LogP contribution is 2.32.